The standard InChI is InChI=1S/C21H30F3NO3/c1-3-4-5-6-7-8-9-12-15-28-20(27)16(2)25-19(26)17-13-10-11-14-18(17)21(22,23)24/h10-11,13-14,16H,3-9,12,15H2,1-2H3,(H,25,26). The molecule has 1 amide bonds. The van der Waals surface area contributed by atoms with Gasteiger partial charge in [-0.1, -0.05) is 64.0 Å². The number of benzene rings is 1. The number of amides is 1. The van der Waals surface area contributed by atoms with Gasteiger partial charge in [-0.25, -0.2) is 4.79 Å². The minimum absolute atomic E-state index is 0.243. The number of esters is 1. The van der Waals surface area contributed by atoms with Gasteiger partial charge in [0, 0.05) is 0 Å². The van der Waals surface area contributed by atoms with Crippen LogP contribution in [0, 0.1) is 0 Å². The highest BCUT2D eigenvalue weighted by molar-refractivity contribution is 5.98. The smallest absolute Gasteiger partial charge is 0.417 e. The van der Waals surface area contributed by atoms with Crippen LogP contribution in [0.2, 0.25) is 0 Å². The maximum Gasteiger partial charge on any atom is 0.417 e. The van der Waals surface area contributed by atoms with Gasteiger partial charge in [0.05, 0.1) is 17.7 Å². The monoisotopic (exact) mass is 401 g/mol. The molecule has 1 aromatic carbocycles. The molecule has 1 N–H and O–H groups in total. The highest BCUT2D eigenvalue weighted by Crippen LogP contribution is 2.31. The topological polar surface area (TPSA) is 55.4 Å². The molecule has 1 unspecified atom stereocenters. The van der Waals surface area contributed by atoms with Crippen molar-refractivity contribution in [2.45, 2.75) is 77.4 Å². The lowest BCUT2D eigenvalue weighted by molar-refractivity contribution is -0.145. The zero-order valence-electron chi connectivity index (χ0n) is 16.6. The van der Waals surface area contributed by atoms with Crippen molar-refractivity contribution in [1.82, 2.24) is 5.32 Å². The number of ether oxygens (including phenoxy) is 1. The Bertz CT molecular complexity index is 617. The van der Waals surface area contributed by atoms with Gasteiger partial charge in [0.15, 0.2) is 0 Å². The fourth-order valence-electron chi connectivity index (χ4n) is 2.80. The van der Waals surface area contributed by atoms with Crippen LogP contribution >= 0.6 is 0 Å². The van der Waals surface area contributed by atoms with E-state index in [2.05, 4.69) is 12.2 Å². The molecule has 158 valence electrons. The quantitative estimate of drug-likeness (QED) is 0.371. The van der Waals surface area contributed by atoms with Crippen LogP contribution in [0.15, 0.2) is 24.3 Å². The average molecular weight is 401 g/mol. The molecule has 7 heteroatoms. The summed E-state index contributed by atoms with van der Waals surface area (Å²) in [5.74, 6) is -1.61. The summed E-state index contributed by atoms with van der Waals surface area (Å²) < 4.78 is 44.1. The number of alkyl halides is 3. The van der Waals surface area contributed by atoms with Crippen LogP contribution in [0.25, 0.3) is 0 Å². The normalized spacial score (nSPS) is 12.5. The Balaban J connectivity index is 2.34. The maximum atomic E-state index is 13.0. The van der Waals surface area contributed by atoms with E-state index >= 15 is 0 Å². The number of unbranched alkanes of at least 4 members (excludes halogenated alkanes) is 7. The first-order chi connectivity index (χ1) is 13.3. The Morgan fingerprint density at radius 1 is 1.00 bits per heavy atom. The van der Waals surface area contributed by atoms with Crippen LogP contribution in [-0.4, -0.2) is 24.5 Å². The van der Waals surface area contributed by atoms with Crippen LogP contribution in [0.4, 0.5) is 13.2 Å². The van der Waals surface area contributed by atoms with Crippen molar-refractivity contribution in [2.75, 3.05) is 6.61 Å². The van der Waals surface area contributed by atoms with Crippen molar-refractivity contribution >= 4 is 11.9 Å². The number of hydrogen-bond acceptors (Lipinski definition) is 3. The molecule has 1 atom stereocenters. The van der Waals surface area contributed by atoms with E-state index in [4.69, 9.17) is 4.74 Å². The van der Waals surface area contributed by atoms with E-state index in [0.717, 1.165) is 31.4 Å². The van der Waals surface area contributed by atoms with Gasteiger partial charge in [-0.05, 0) is 25.5 Å². The van der Waals surface area contributed by atoms with Crippen molar-refractivity contribution in [2.24, 2.45) is 0 Å². The van der Waals surface area contributed by atoms with Gasteiger partial charge in [-0.2, -0.15) is 13.2 Å². The highest BCUT2D eigenvalue weighted by Gasteiger charge is 2.35. The molecule has 0 saturated heterocycles. The zero-order chi connectivity index (χ0) is 21.0. The molecule has 0 saturated carbocycles. The molecule has 1 rings (SSSR count). The molecule has 4 nitrogen and oxygen atoms in total. The second-order valence-corrected chi connectivity index (χ2v) is 6.88. The van der Waals surface area contributed by atoms with E-state index in [1.807, 2.05) is 0 Å². The molecule has 28 heavy (non-hydrogen) atoms. The number of rotatable bonds is 12. The van der Waals surface area contributed by atoms with E-state index in [0.29, 0.717) is 0 Å². The lowest BCUT2D eigenvalue weighted by atomic mass is 10.1. The van der Waals surface area contributed by atoms with E-state index in [-0.39, 0.29) is 6.61 Å². The number of carbonyl (C=O) groups is 2. The summed E-state index contributed by atoms with van der Waals surface area (Å²) in [6.07, 6.45) is 4.24. The first kappa shape index (κ1) is 24.0. The fraction of sp³-hybridized carbons (Fsp3) is 0.619. The zero-order valence-corrected chi connectivity index (χ0v) is 16.6. The summed E-state index contributed by atoms with van der Waals surface area (Å²) in [7, 11) is 0. The molecule has 0 aliphatic heterocycles. The largest absolute Gasteiger partial charge is 0.464 e. The third-order valence-electron chi connectivity index (χ3n) is 4.42. The van der Waals surface area contributed by atoms with Crippen molar-refractivity contribution in [3.63, 3.8) is 0 Å². The number of halogens is 3. The third-order valence-corrected chi connectivity index (χ3v) is 4.42. The lowest BCUT2D eigenvalue weighted by Gasteiger charge is -2.16. The third kappa shape index (κ3) is 8.76. The second-order valence-electron chi connectivity index (χ2n) is 6.88. The van der Waals surface area contributed by atoms with Crippen LogP contribution in [-0.2, 0) is 15.7 Å². The first-order valence-electron chi connectivity index (χ1n) is 9.91. The van der Waals surface area contributed by atoms with Gasteiger partial charge >= 0.3 is 12.1 Å². The Morgan fingerprint density at radius 2 is 1.57 bits per heavy atom. The SMILES string of the molecule is CCCCCCCCCCOC(=O)C(C)NC(=O)c1ccccc1C(F)(F)F. The molecular weight excluding hydrogens is 371 g/mol. The van der Waals surface area contributed by atoms with E-state index in [1.54, 1.807) is 0 Å². The van der Waals surface area contributed by atoms with Crippen molar-refractivity contribution in [3.8, 4) is 0 Å². The van der Waals surface area contributed by atoms with Gasteiger partial charge in [0.25, 0.3) is 5.91 Å². The Kier molecular flexibility index (Phi) is 10.6. The van der Waals surface area contributed by atoms with E-state index < -0.39 is 35.2 Å². The predicted molar refractivity (Wildman–Crippen MR) is 102 cm³/mol. The molecule has 0 bridgehead atoms. The lowest BCUT2D eigenvalue weighted by Crippen LogP contribution is -2.40. The molecule has 0 spiro atoms. The molecule has 0 aromatic heterocycles. The Morgan fingerprint density at radius 3 is 2.18 bits per heavy atom. The minimum Gasteiger partial charge on any atom is -0.464 e. The maximum absolute atomic E-state index is 13.0. The Hall–Kier alpha value is -2.05. The summed E-state index contributed by atoms with van der Waals surface area (Å²) in [4.78, 5) is 24.1. The summed E-state index contributed by atoms with van der Waals surface area (Å²) in [5, 5.41) is 2.28. The van der Waals surface area contributed by atoms with E-state index in [9.17, 15) is 22.8 Å². The first-order valence-corrected chi connectivity index (χ1v) is 9.91. The van der Waals surface area contributed by atoms with Crippen LogP contribution in [0.5, 0.6) is 0 Å². The van der Waals surface area contributed by atoms with Gasteiger partial charge in [0.1, 0.15) is 6.04 Å². The van der Waals surface area contributed by atoms with Crippen LogP contribution in [0.3, 0.4) is 0 Å². The molecule has 0 heterocycles. The molecular formula is C21H30F3NO3. The van der Waals surface area contributed by atoms with Gasteiger partial charge in [-0.15, -0.1) is 0 Å². The van der Waals surface area contributed by atoms with Crippen molar-refractivity contribution in [3.05, 3.63) is 35.4 Å². The van der Waals surface area contributed by atoms with Gasteiger partial charge in [-0.3, -0.25) is 4.79 Å². The summed E-state index contributed by atoms with van der Waals surface area (Å²) in [5.41, 5.74) is -1.55. The van der Waals surface area contributed by atoms with Gasteiger partial charge < -0.3 is 10.1 Å². The summed E-state index contributed by atoms with van der Waals surface area (Å²) in [6.45, 7) is 3.81. The minimum atomic E-state index is -4.64. The predicted octanol–water partition coefficient (Wildman–Crippen LogP) is 5.51. The summed E-state index contributed by atoms with van der Waals surface area (Å²) in [6, 6.07) is 3.44. The Labute approximate surface area is 164 Å². The molecule has 1 aromatic rings. The number of hydrogen-bond donors (Lipinski definition) is 1. The highest BCUT2D eigenvalue weighted by atomic mass is 19.4. The average Bonchev–Trinajstić information content (AvgIpc) is 2.65. The van der Waals surface area contributed by atoms with E-state index in [1.165, 1.54) is 51.2 Å². The summed E-state index contributed by atoms with van der Waals surface area (Å²) >= 11 is 0. The molecule has 0 aliphatic carbocycles. The van der Waals surface area contributed by atoms with Gasteiger partial charge in [0.2, 0.25) is 0 Å². The molecule has 0 aliphatic rings. The fourth-order valence-corrected chi connectivity index (χ4v) is 2.80. The van der Waals surface area contributed by atoms with Crippen LogP contribution < -0.4 is 5.32 Å². The molecule has 0 radical (unpaired) electrons. The number of nitrogens with one attached hydrogen (secondary N) is 1. The van der Waals surface area contributed by atoms with Crippen molar-refractivity contribution in [1.29, 1.82) is 0 Å². The molecule has 0 fully saturated rings. The van der Waals surface area contributed by atoms with Crippen LogP contribution in [0.1, 0.15) is 81.1 Å². The number of carbonyl (C=O) groups excluding carboxylic acids is 2. The van der Waals surface area contributed by atoms with Crippen molar-refractivity contribution < 1.29 is 27.5 Å². The second kappa shape index (κ2) is 12.4.